The molecule has 7 nitrogen and oxygen atoms in total. The Morgan fingerprint density at radius 3 is 2.35 bits per heavy atom. The van der Waals surface area contributed by atoms with Crippen molar-refractivity contribution in [3.63, 3.8) is 0 Å². The van der Waals surface area contributed by atoms with Gasteiger partial charge >= 0.3 is 6.03 Å². The first-order valence-electron chi connectivity index (χ1n) is 12.4. The van der Waals surface area contributed by atoms with Crippen LogP contribution < -0.4 is 15.6 Å². The Labute approximate surface area is 208 Å². The van der Waals surface area contributed by atoms with E-state index in [2.05, 4.69) is 48.8 Å². The van der Waals surface area contributed by atoms with Gasteiger partial charge in [-0.1, -0.05) is 12.1 Å². The maximum Gasteiger partial charge on any atom is 0.339 e. The molecule has 1 aromatic heterocycles. The van der Waals surface area contributed by atoms with Gasteiger partial charge in [-0.2, -0.15) is 5.10 Å². The highest BCUT2D eigenvalue weighted by atomic mass is 79.9. The summed E-state index contributed by atoms with van der Waals surface area (Å²) in [4.78, 5) is 14.5. The monoisotopic (exact) mass is 526 g/mol. The molecular weight excluding hydrogens is 496 g/mol. The number of amides is 2. The first-order chi connectivity index (χ1) is 16.6. The van der Waals surface area contributed by atoms with Crippen molar-refractivity contribution in [1.29, 1.82) is 0 Å². The number of urea groups is 1. The van der Waals surface area contributed by atoms with Gasteiger partial charge in [0.1, 0.15) is 0 Å². The van der Waals surface area contributed by atoms with Gasteiger partial charge in [-0.15, -0.1) is 0 Å². The SMILES string of the molecule is O=C(N/N=C/c1cc(Br)c(N2CCOCC2)o1)Nc1ccc(C23CC4CC(CC(C4)C2)C3)cc1. The Balaban J connectivity index is 1.04. The topological polar surface area (TPSA) is 79.1 Å². The lowest BCUT2D eigenvalue weighted by atomic mass is 9.48. The molecule has 7 rings (SSSR count). The molecule has 2 aromatic rings. The van der Waals surface area contributed by atoms with Crippen LogP contribution in [0, 0.1) is 17.8 Å². The molecule has 2 N–H and O–H groups in total. The fourth-order valence-corrected chi connectivity index (χ4v) is 7.66. The lowest BCUT2D eigenvalue weighted by Gasteiger charge is -2.57. The molecule has 5 aliphatic rings. The molecule has 4 aliphatic carbocycles. The highest BCUT2D eigenvalue weighted by molar-refractivity contribution is 9.10. The second-order valence-corrected chi connectivity index (χ2v) is 11.4. The molecule has 180 valence electrons. The minimum Gasteiger partial charge on any atom is -0.438 e. The van der Waals surface area contributed by atoms with E-state index >= 15 is 0 Å². The number of hydrogen-bond acceptors (Lipinski definition) is 5. The minimum absolute atomic E-state index is 0.372. The van der Waals surface area contributed by atoms with E-state index in [1.165, 1.54) is 50.3 Å². The number of hydrazone groups is 1. The first kappa shape index (κ1) is 22.2. The molecule has 2 heterocycles. The summed E-state index contributed by atoms with van der Waals surface area (Å²) in [5.41, 5.74) is 5.12. The summed E-state index contributed by atoms with van der Waals surface area (Å²) in [5, 5.41) is 6.91. The molecule has 8 heteroatoms. The number of nitrogens with zero attached hydrogens (tertiary/aromatic N) is 2. The number of ether oxygens (including phenoxy) is 1. The molecule has 34 heavy (non-hydrogen) atoms. The average Bonchev–Trinajstić information content (AvgIpc) is 3.19. The maximum absolute atomic E-state index is 12.3. The van der Waals surface area contributed by atoms with Crippen molar-refractivity contribution in [2.24, 2.45) is 22.9 Å². The third kappa shape index (κ3) is 4.38. The smallest absolute Gasteiger partial charge is 0.339 e. The molecule has 4 bridgehead atoms. The van der Waals surface area contributed by atoms with E-state index in [4.69, 9.17) is 9.15 Å². The number of nitrogens with one attached hydrogen (secondary N) is 2. The predicted octanol–water partition coefficient (Wildman–Crippen LogP) is 5.50. The van der Waals surface area contributed by atoms with Gasteiger partial charge < -0.3 is 19.4 Å². The fourth-order valence-electron chi connectivity index (χ4n) is 7.11. The van der Waals surface area contributed by atoms with E-state index in [1.807, 2.05) is 18.2 Å². The molecule has 1 aromatic carbocycles. The molecule has 4 saturated carbocycles. The van der Waals surface area contributed by atoms with Crippen LogP contribution in [-0.4, -0.2) is 38.5 Å². The van der Waals surface area contributed by atoms with Gasteiger partial charge in [-0.3, -0.25) is 0 Å². The Morgan fingerprint density at radius 1 is 1.06 bits per heavy atom. The van der Waals surface area contributed by atoms with E-state index in [1.54, 1.807) is 0 Å². The Hall–Kier alpha value is -2.32. The van der Waals surface area contributed by atoms with Gasteiger partial charge in [0.15, 0.2) is 5.76 Å². The molecule has 0 atom stereocenters. The van der Waals surface area contributed by atoms with Crippen LogP contribution in [-0.2, 0) is 10.2 Å². The lowest BCUT2D eigenvalue weighted by Crippen LogP contribution is -2.48. The van der Waals surface area contributed by atoms with Crippen LogP contribution in [0.5, 0.6) is 0 Å². The third-order valence-electron chi connectivity index (χ3n) is 8.14. The minimum atomic E-state index is -0.377. The maximum atomic E-state index is 12.3. The highest BCUT2D eigenvalue weighted by Gasteiger charge is 2.51. The Kier molecular flexibility index (Phi) is 5.89. The second-order valence-electron chi connectivity index (χ2n) is 10.5. The number of morpholine rings is 1. The Bertz CT molecular complexity index is 1040. The summed E-state index contributed by atoms with van der Waals surface area (Å²) >= 11 is 3.54. The van der Waals surface area contributed by atoms with Crippen LogP contribution >= 0.6 is 15.9 Å². The molecule has 0 spiro atoms. The zero-order chi connectivity index (χ0) is 23.1. The van der Waals surface area contributed by atoms with Crippen LogP contribution in [0.25, 0.3) is 0 Å². The molecule has 5 fully saturated rings. The largest absolute Gasteiger partial charge is 0.438 e. The summed E-state index contributed by atoms with van der Waals surface area (Å²) < 4.78 is 12.1. The van der Waals surface area contributed by atoms with Crippen molar-refractivity contribution in [3.8, 4) is 0 Å². The summed E-state index contributed by atoms with van der Waals surface area (Å²) in [7, 11) is 0. The second kappa shape index (κ2) is 9.04. The first-order valence-corrected chi connectivity index (χ1v) is 13.2. The number of anilines is 2. The predicted molar refractivity (Wildman–Crippen MR) is 135 cm³/mol. The van der Waals surface area contributed by atoms with Gasteiger partial charge in [0.2, 0.25) is 5.88 Å². The van der Waals surface area contributed by atoms with Crippen LogP contribution in [0.3, 0.4) is 0 Å². The van der Waals surface area contributed by atoms with Gasteiger partial charge in [-0.05, 0) is 95.3 Å². The lowest BCUT2D eigenvalue weighted by molar-refractivity contribution is -0.00518. The van der Waals surface area contributed by atoms with Crippen molar-refractivity contribution < 1.29 is 13.9 Å². The van der Waals surface area contributed by atoms with Crippen molar-refractivity contribution in [2.45, 2.75) is 43.9 Å². The quantitative estimate of drug-likeness (QED) is 0.398. The number of benzene rings is 1. The van der Waals surface area contributed by atoms with E-state index in [-0.39, 0.29) is 6.03 Å². The van der Waals surface area contributed by atoms with Crippen molar-refractivity contribution in [3.05, 3.63) is 46.1 Å². The molecular formula is C26H31BrN4O3. The van der Waals surface area contributed by atoms with E-state index in [0.29, 0.717) is 24.4 Å². The summed E-state index contributed by atoms with van der Waals surface area (Å²) in [6, 6.07) is 9.96. The third-order valence-corrected chi connectivity index (χ3v) is 8.71. The number of carbonyl (C=O) groups excluding carboxylic acids is 1. The van der Waals surface area contributed by atoms with E-state index < -0.39 is 0 Å². The molecule has 2 amide bonds. The number of rotatable bonds is 5. The van der Waals surface area contributed by atoms with Crippen molar-refractivity contribution in [2.75, 3.05) is 36.5 Å². The summed E-state index contributed by atoms with van der Waals surface area (Å²) in [5.74, 6) is 4.09. The van der Waals surface area contributed by atoms with Gasteiger partial charge in [0, 0.05) is 24.8 Å². The van der Waals surface area contributed by atoms with E-state index in [9.17, 15) is 4.79 Å². The zero-order valence-electron chi connectivity index (χ0n) is 19.3. The summed E-state index contributed by atoms with van der Waals surface area (Å²) in [6.45, 7) is 2.93. The normalized spacial score (nSPS) is 30.1. The van der Waals surface area contributed by atoms with Crippen LogP contribution in [0.15, 0.2) is 44.3 Å². The Morgan fingerprint density at radius 2 is 1.71 bits per heavy atom. The number of halogens is 1. The molecule has 1 aliphatic heterocycles. The summed E-state index contributed by atoms with van der Waals surface area (Å²) in [6.07, 6.45) is 9.88. The zero-order valence-corrected chi connectivity index (χ0v) is 20.9. The standard InChI is InChI=1S/C26H31BrN4O3/c27-23-12-22(34-24(23)31-5-7-33-8-6-31)16-28-30-25(32)29-21-3-1-20(2-4-21)26-13-17-9-18(14-26)11-19(10-17)15-26/h1-4,12,16-19H,5-11,13-15H2,(H2,29,30,32)/b28-16+. The van der Waals surface area contributed by atoms with Crippen molar-refractivity contribution in [1.82, 2.24) is 5.43 Å². The number of hydrogen-bond donors (Lipinski definition) is 2. The number of furan rings is 1. The fraction of sp³-hybridized carbons (Fsp3) is 0.538. The molecule has 0 radical (unpaired) electrons. The van der Waals surface area contributed by atoms with E-state index in [0.717, 1.165) is 46.9 Å². The van der Waals surface area contributed by atoms with Gasteiger partial charge in [-0.25, -0.2) is 10.2 Å². The van der Waals surface area contributed by atoms with Crippen LogP contribution in [0.4, 0.5) is 16.4 Å². The van der Waals surface area contributed by atoms with Gasteiger partial charge in [0.05, 0.1) is 23.9 Å². The number of carbonyl (C=O) groups is 1. The van der Waals surface area contributed by atoms with Gasteiger partial charge in [0.25, 0.3) is 0 Å². The van der Waals surface area contributed by atoms with Crippen LogP contribution in [0.2, 0.25) is 0 Å². The molecule has 0 unspecified atom stereocenters. The highest BCUT2D eigenvalue weighted by Crippen LogP contribution is 2.60. The molecule has 1 saturated heterocycles. The average molecular weight is 527 g/mol. The van der Waals surface area contributed by atoms with Crippen molar-refractivity contribution >= 4 is 39.7 Å². The van der Waals surface area contributed by atoms with Crippen LogP contribution in [0.1, 0.15) is 49.8 Å².